The highest BCUT2D eigenvalue weighted by Crippen LogP contribution is 2.32. The van der Waals surface area contributed by atoms with Gasteiger partial charge in [0.2, 0.25) is 0 Å². The van der Waals surface area contributed by atoms with E-state index in [1.165, 1.54) is 6.07 Å². The van der Waals surface area contributed by atoms with Gasteiger partial charge in [-0.15, -0.1) is 0 Å². The molecule has 0 fully saturated rings. The Morgan fingerprint density at radius 2 is 1.77 bits per heavy atom. The highest BCUT2D eigenvalue weighted by atomic mass is 35.5. The van der Waals surface area contributed by atoms with E-state index in [1.807, 2.05) is 0 Å². The summed E-state index contributed by atoms with van der Waals surface area (Å²) in [5.41, 5.74) is 7.97. The van der Waals surface area contributed by atoms with Gasteiger partial charge in [0, 0.05) is 11.6 Å². The van der Waals surface area contributed by atoms with Crippen molar-refractivity contribution in [1.29, 1.82) is 0 Å². The molecule has 0 spiro atoms. The first-order valence-corrected chi connectivity index (χ1v) is 6.83. The Hall–Kier alpha value is -2.37. The van der Waals surface area contributed by atoms with E-state index in [2.05, 4.69) is 0 Å². The van der Waals surface area contributed by atoms with E-state index < -0.39 is 11.9 Å². The average molecular weight is 320 g/mol. The van der Waals surface area contributed by atoms with Gasteiger partial charge in [0.05, 0.1) is 11.1 Å². The molecule has 0 aliphatic carbocycles. The number of carboxylic acids is 2. The van der Waals surface area contributed by atoms with E-state index in [-0.39, 0.29) is 17.7 Å². The van der Waals surface area contributed by atoms with Gasteiger partial charge in [0.1, 0.15) is 0 Å². The molecule has 4 N–H and O–H groups in total. The Kier molecular flexibility index (Phi) is 4.49. The van der Waals surface area contributed by atoms with Crippen LogP contribution in [0.5, 0.6) is 0 Å². The molecule has 0 saturated heterocycles. The lowest BCUT2D eigenvalue weighted by Gasteiger charge is -2.14. The van der Waals surface area contributed by atoms with Gasteiger partial charge in [-0.25, -0.2) is 9.59 Å². The number of rotatable bonds is 4. The Morgan fingerprint density at radius 1 is 1.09 bits per heavy atom. The standard InChI is InChI=1S/C16H14ClNO4/c1-8-13(12-3-2-11(17)4-10(12)7-18)5-9(15(19)20)6-14(8)16(21)22/h2-6H,7,18H2,1H3,(H,19,20)(H,21,22). The van der Waals surface area contributed by atoms with Crippen molar-refractivity contribution in [2.75, 3.05) is 0 Å². The van der Waals surface area contributed by atoms with Crippen molar-refractivity contribution in [3.05, 3.63) is 57.6 Å². The number of hydrogen-bond acceptors (Lipinski definition) is 3. The quantitative estimate of drug-likeness (QED) is 0.803. The lowest BCUT2D eigenvalue weighted by Crippen LogP contribution is -2.07. The Balaban J connectivity index is 2.79. The van der Waals surface area contributed by atoms with Crippen molar-refractivity contribution in [3.63, 3.8) is 0 Å². The van der Waals surface area contributed by atoms with Crippen molar-refractivity contribution in [2.45, 2.75) is 13.5 Å². The molecular formula is C16H14ClNO4. The minimum absolute atomic E-state index is 0.0483. The molecule has 2 aromatic carbocycles. The molecular weight excluding hydrogens is 306 g/mol. The van der Waals surface area contributed by atoms with E-state index in [0.29, 0.717) is 21.7 Å². The fourth-order valence-electron chi connectivity index (χ4n) is 2.33. The summed E-state index contributed by atoms with van der Waals surface area (Å²) in [7, 11) is 0. The highest BCUT2D eigenvalue weighted by molar-refractivity contribution is 6.30. The van der Waals surface area contributed by atoms with E-state index in [1.54, 1.807) is 25.1 Å². The SMILES string of the molecule is Cc1c(C(=O)O)cc(C(=O)O)cc1-c1ccc(Cl)cc1CN. The van der Waals surface area contributed by atoms with Gasteiger partial charge in [0.25, 0.3) is 0 Å². The Morgan fingerprint density at radius 3 is 2.32 bits per heavy atom. The van der Waals surface area contributed by atoms with Crippen LogP contribution in [-0.4, -0.2) is 22.2 Å². The van der Waals surface area contributed by atoms with E-state index in [0.717, 1.165) is 11.6 Å². The number of hydrogen-bond donors (Lipinski definition) is 3. The molecule has 22 heavy (non-hydrogen) atoms. The predicted molar refractivity (Wildman–Crippen MR) is 83.4 cm³/mol. The normalized spacial score (nSPS) is 10.5. The number of carboxylic acid groups (broad SMARTS) is 2. The smallest absolute Gasteiger partial charge is 0.335 e. The number of carbonyl (C=O) groups is 2. The summed E-state index contributed by atoms with van der Waals surface area (Å²) >= 11 is 5.94. The zero-order valence-electron chi connectivity index (χ0n) is 11.8. The first-order chi connectivity index (χ1) is 10.3. The number of halogens is 1. The summed E-state index contributed by atoms with van der Waals surface area (Å²) in [6, 6.07) is 7.66. The van der Waals surface area contributed by atoms with Crippen LogP contribution in [-0.2, 0) is 6.54 Å². The van der Waals surface area contributed by atoms with Crippen molar-refractivity contribution in [2.24, 2.45) is 5.73 Å². The van der Waals surface area contributed by atoms with E-state index >= 15 is 0 Å². The molecule has 114 valence electrons. The first-order valence-electron chi connectivity index (χ1n) is 6.45. The van der Waals surface area contributed by atoms with Gasteiger partial charge in [0.15, 0.2) is 0 Å². The van der Waals surface area contributed by atoms with Crippen molar-refractivity contribution in [1.82, 2.24) is 0 Å². The van der Waals surface area contributed by atoms with Crippen LogP contribution in [0.15, 0.2) is 30.3 Å². The number of benzene rings is 2. The second-order valence-electron chi connectivity index (χ2n) is 4.81. The molecule has 0 bridgehead atoms. The first kappa shape index (κ1) is 16.0. The van der Waals surface area contributed by atoms with Crippen LogP contribution in [0.1, 0.15) is 31.8 Å². The summed E-state index contributed by atoms with van der Waals surface area (Å²) in [4.78, 5) is 22.6. The molecule has 0 unspecified atom stereocenters. The molecule has 6 heteroatoms. The second kappa shape index (κ2) is 6.17. The van der Waals surface area contributed by atoms with Gasteiger partial charge < -0.3 is 15.9 Å². The minimum atomic E-state index is -1.19. The third kappa shape index (κ3) is 2.95. The van der Waals surface area contributed by atoms with Gasteiger partial charge >= 0.3 is 11.9 Å². The summed E-state index contributed by atoms with van der Waals surface area (Å²) in [5, 5.41) is 19.0. The minimum Gasteiger partial charge on any atom is -0.478 e. The lowest BCUT2D eigenvalue weighted by atomic mass is 9.91. The zero-order chi connectivity index (χ0) is 16.4. The van der Waals surface area contributed by atoms with Crippen LogP contribution in [0, 0.1) is 6.92 Å². The van der Waals surface area contributed by atoms with Crippen LogP contribution in [0.4, 0.5) is 0 Å². The number of nitrogens with two attached hydrogens (primary N) is 1. The third-order valence-electron chi connectivity index (χ3n) is 3.46. The molecule has 0 radical (unpaired) electrons. The molecule has 0 aromatic heterocycles. The van der Waals surface area contributed by atoms with Crippen LogP contribution in [0.25, 0.3) is 11.1 Å². The Labute approximate surface area is 132 Å². The van der Waals surface area contributed by atoms with E-state index in [4.69, 9.17) is 17.3 Å². The van der Waals surface area contributed by atoms with Gasteiger partial charge in [-0.05, 0) is 53.4 Å². The highest BCUT2D eigenvalue weighted by Gasteiger charge is 2.18. The summed E-state index contributed by atoms with van der Waals surface area (Å²) in [6.45, 7) is 1.84. The maximum atomic E-state index is 11.3. The lowest BCUT2D eigenvalue weighted by molar-refractivity contribution is 0.0695. The van der Waals surface area contributed by atoms with Gasteiger partial charge in [-0.3, -0.25) is 0 Å². The summed E-state index contributed by atoms with van der Waals surface area (Å²) < 4.78 is 0. The third-order valence-corrected chi connectivity index (χ3v) is 3.70. The molecule has 0 amide bonds. The zero-order valence-corrected chi connectivity index (χ0v) is 12.5. The van der Waals surface area contributed by atoms with Crippen LogP contribution in [0.3, 0.4) is 0 Å². The van der Waals surface area contributed by atoms with E-state index in [9.17, 15) is 19.8 Å². The predicted octanol–water partition coefficient (Wildman–Crippen LogP) is 3.17. The fraction of sp³-hybridized carbons (Fsp3) is 0.125. The van der Waals surface area contributed by atoms with Crippen molar-refractivity contribution >= 4 is 23.5 Å². The molecule has 2 rings (SSSR count). The largest absolute Gasteiger partial charge is 0.478 e. The molecule has 0 aliphatic heterocycles. The van der Waals surface area contributed by atoms with Crippen molar-refractivity contribution < 1.29 is 19.8 Å². The van der Waals surface area contributed by atoms with Crippen LogP contribution < -0.4 is 5.73 Å². The van der Waals surface area contributed by atoms with Crippen LogP contribution >= 0.6 is 11.6 Å². The second-order valence-corrected chi connectivity index (χ2v) is 5.25. The Bertz CT molecular complexity index is 771. The monoisotopic (exact) mass is 319 g/mol. The maximum Gasteiger partial charge on any atom is 0.335 e. The topological polar surface area (TPSA) is 101 Å². The molecule has 2 aromatic rings. The van der Waals surface area contributed by atoms with Crippen molar-refractivity contribution in [3.8, 4) is 11.1 Å². The molecule has 5 nitrogen and oxygen atoms in total. The van der Waals surface area contributed by atoms with Gasteiger partial charge in [-0.2, -0.15) is 0 Å². The van der Waals surface area contributed by atoms with Crippen LogP contribution in [0.2, 0.25) is 5.02 Å². The fourth-order valence-corrected chi connectivity index (χ4v) is 2.53. The molecule has 0 atom stereocenters. The molecule has 0 heterocycles. The summed E-state index contributed by atoms with van der Waals surface area (Å²) in [5.74, 6) is -2.36. The summed E-state index contributed by atoms with van der Waals surface area (Å²) in [6.07, 6.45) is 0. The molecule has 0 aliphatic rings. The van der Waals surface area contributed by atoms with Gasteiger partial charge in [-0.1, -0.05) is 17.7 Å². The maximum absolute atomic E-state index is 11.3. The number of aromatic carboxylic acids is 2. The molecule has 0 saturated carbocycles. The average Bonchev–Trinajstić information content (AvgIpc) is 2.47.